The van der Waals surface area contributed by atoms with E-state index in [0.29, 0.717) is 5.03 Å². The average molecular weight is 168 g/mol. The van der Waals surface area contributed by atoms with E-state index in [-0.39, 0.29) is 0 Å². The molecule has 0 saturated heterocycles. The van der Waals surface area contributed by atoms with Gasteiger partial charge in [-0.25, -0.2) is 9.37 Å². The monoisotopic (exact) mass is 168 g/mol. The van der Waals surface area contributed by atoms with Crippen molar-refractivity contribution in [3.63, 3.8) is 0 Å². The van der Waals surface area contributed by atoms with Gasteiger partial charge in [0.15, 0.2) is 0 Å². The van der Waals surface area contributed by atoms with E-state index in [1.807, 2.05) is 0 Å². The van der Waals surface area contributed by atoms with E-state index in [0.717, 1.165) is 11.8 Å². The molecule has 1 atom stereocenters. The van der Waals surface area contributed by atoms with Gasteiger partial charge in [-0.1, -0.05) is 17.8 Å². The number of aromatic nitrogens is 1. The molecule has 0 saturated carbocycles. The second-order valence-electron chi connectivity index (χ2n) is 1.73. The van der Waals surface area contributed by atoms with E-state index in [4.69, 9.17) is 5.26 Å². The smallest absolute Gasteiger partial charge is 0.237 e. The summed E-state index contributed by atoms with van der Waals surface area (Å²) in [6.45, 7) is 0. The predicted octanol–water partition coefficient (Wildman–Crippen LogP) is 1.99. The standard InChI is InChI=1S/C7H5FN2S/c8-6(5-9)11-7-3-1-2-4-10-7/h1-4,6H. The summed E-state index contributed by atoms with van der Waals surface area (Å²) >= 11 is 0.805. The number of alkyl halides is 1. The van der Waals surface area contributed by atoms with Crippen LogP contribution < -0.4 is 0 Å². The fraction of sp³-hybridized carbons (Fsp3) is 0.143. The van der Waals surface area contributed by atoms with E-state index < -0.39 is 5.50 Å². The van der Waals surface area contributed by atoms with Crippen LogP contribution in [0.5, 0.6) is 0 Å². The maximum Gasteiger partial charge on any atom is 0.237 e. The van der Waals surface area contributed by atoms with Crippen molar-refractivity contribution < 1.29 is 4.39 Å². The SMILES string of the molecule is N#CC(F)Sc1ccccn1. The Morgan fingerprint density at radius 2 is 2.45 bits per heavy atom. The Hall–Kier alpha value is -1.08. The first kappa shape index (κ1) is 8.02. The molecule has 11 heavy (non-hydrogen) atoms. The highest BCUT2D eigenvalue weighted by molar-refractivity contribution is 7.99. The number of nitriles is 1. The molecule has 1 aromatic rings. The largest absolute Gasteiger partial charge is 0.250 e. The van der Waals surface area contributed by atoms with Gasteiger partial charge in [-0.05, 0) is 12.1 Å². The second kappa shape index (κ2) is 3.94. The van der Waals surface area contributed by atoms with E-state index >= 15 is 0 Å². The van der Waals surface area contributed by atoms with Gasteiger partial charge in [0.2, 0.25) is 5.50 Å². The molecule has 0 N–H and O–H groups in total. The zero-order chi connectivity index (χ0) is 8.10. The third-order valence-corrected chi connectivity index (χ3v) is 1.76. The number of nitrogens with zero attached hydrogens (tertiary/aromatic N) is 2. The fourth-order valence-electron chi connectivity index (χ4n) is 0.549. The van der Waals surface area contributed by atoms with Crippen molar-refractivity contribution in [2.45, 2.75) is 10.5 Å². The lowest BCUT2D eigenvalue weighted by molar-refractivity contribution is 0.528. The van der Waals surface area contributed by atoms with Crippen LogP contribution in [0.3, 0.4) is 0 Å². The summed E-state index contributed by atoms with van der Waals surface area (Å²) in [6, 6.07) is 6.62. The lowest BCUT2D eigenvalue weighted by Crippen LogP contribution is -1.88. The molecule has 1 rings (SSSR count). The van der Waals surface area contributed by atoms with E-state index in [2.05, 4.69) is 4.98 Å². The van der Waals surface area contributed by atoms with Crippen molar-refractivity contribution in [3.8, 4) is 6.07 Å². The van der Waals surface area contributed by atoms with Gasteiger partial charge in [0.25, 0.3) is 0 Å². The van der Waals surface area contributed by atoms with E-state index in [1.54, 1.807) is 24.4 Å². The summed E-state index contributed by atoms with van der Waals surface area (Å²) in [5, 5.41) is 8.65. The number of rotatable bonds is 2. The topological polar surface area (TPSA) is 36.7 Å². The summed E-state index contributed by atoms with van der Waals surface area (Å²) in [4.78, 5) is 3.84. The summed E-state index contributed by atoms with van der Waals surface area (Å²) < 4.78 is 12.4. The van der Waals surface area contributed by atoms with Crippen molar-refractivity contribution in [3.05, 3.63) is 24.4 Å². The number of halogens is 1. The Kier molecular flexibility index (Phi) is 2.87. The van der Waals surface area contributed by atoms with Crippen molar-refractivity contribution in [1.29, 1.82) is 5.26 Å². The summed E-state index contributed by atoms with van der Waals surface area (Å²) in [7, 11) is 0. The number of hydrogen-bond acceptors (Lipinski definition) is 3. The molecule has 0 aromatic carbocycles. The van der Waals surface area contributed by atoms with Crippen LogP contribution in [0.1, 0.15) is 0 Å². The zero-order valence-corrected chi connectivity index (χ0v) is 6.38. The minimum Gasteiger partial charge on any atom is -0.250 e. The molecule has 56 valence electrons. The molecule has 0 bridgehead atoms. The van der Waals surface area contributed by atoms with Crippen LogP contribution in [-0.4, -0.2) is 10.5 Å². The molecular weight excluding hydrogens is 163 g/mol. The molecule has 1 heterocycles. The van der Waals surface area contributed by atoms with Crippen molar-refractivity contribution in [2.24, 2.45) is 0 Å². The third-order valence-electron chi connectivity index (χ3n) is 0.963. The Labute approximate surface area is 68.1 Å². The average Bonchev–Trinajstić information content (AvgIpc) is 2.06. The van der Waals surface area contributed by atoms with Crippen LogP contribution in [0.25, 0.3) is 0 Å². The van der Waals surface area contributed by atoms with Crippen LogP contribution >= 0.6 is 11.8 Å². The third kappa shape index (κ3) is 2.56. The number of hydrogen-bond donors (Lipinski definition) is 0. The van der Waals surface area contributed by atoms with Gasteiger partial charge in [-0.3, -0.25) is 0 Å². The first-order chi connectivity index (χ1) is 5.33. The lowest BCUT2D eigenvalue weighted by atomic mass is 10.5. The van der Waals surface area contributed by atoms with Crippen LogP contribution in [0.15, 0.2) is 29.4 Å². The maximum absolute atomic E-state index is 12.4. The molecule has 0 amide bonds. The van der Waals surface area contributed by atoms with Gasteiger partial charge in [-0.2, -0.15) is 5.26 Å². The zero-order valence-electron chi connectivity index (χ0n) is 5.57. The Morgan fingerprint density at radius 3 is 3.00 bits per heavy atom. The molecule has 2 nitrogen and oxygen atoms in total. The number of thioether (sulfide) groups is 1. The molecule has 4 heteroatoms. The molecule has 0 spiro atoms. The molecule has 1 aromatic heterocycles. The number of pyridine rings is 1. The van der Waals surface area contributed by atoms with Gasteiger partial charge >= 0.3 is 0 Å². The molecule has 0 aliphatic carbocycles. The lowest BCUT2D eigenvalue weighted by Gasteiger charge is -1.96. The van der Waals surface area contributed by atoms with Gasteiger partial charge < -0.3 is 0 Å². The van der Waals surface area contributed by atoms with Gasteiger partial charge in [0.1, 0.15) is 6.07 Å². The normalized spacial score (nSPS) is 12.0. The molecule has 0 aliphatic heterocycles. The van der Waals surface area contributed by atoms with Crippen molar-refractivity contribution in [2.75, 3.05) is 0 Å². The van der Waals surface area contributed by atoms with Gasteiger partial charge in [0.05, 0.1) is 5.03 Å². The summed E-state index contributed by atoms with van der Waals surface area (Å²) in [5.74, 6) is 0. The fourth-order valence-corrected chi connectivity index (χ4v) is 1.09. The molecule has 0 aliphatic rings. The minimum absolute atomic E-state index is 0.529. The van der Waals surface area contributed by atoms with Gasteiger partial charge in [-0.15, -0.1) is 0 Å². The highest BCUT2D eigenvalue weighted by Gasteiger charge is 2.05. The Bertz CT molecular complexity index is 257. The van der Waals surface area contributed by atoms with E-state index in [9.17, 15) is 4.39 Å². The highest BCUT2D eigenvalue weighted by atomic mass is 32.2. The predicted molar refractivity (Wildman–Crippen MR) is 40.6 cm³/mol. The van der Waals surface area contributed by atoms with Crippen LogP contribution in [0, 0.1) is 11.3 Å². The van der Waals surface area contributed by atoms with Crippen LogP contribution in [-0.2, 0) is 0 Å². The Balaban J connectivity index is 2.60. The van der Waals surface area contributed by atoms with Crippen molar-refractivity contribution >= 4 is 11.8 Å². The van der Waals surface area contributed by atoms with Crippen molar-refractivity contribution in [1.82, 2.24) is 4.98 Å². The van der Waals surface area contributed by atoms with Crippen LogP contribution in [0.2, 0.25) is 0 Å². The first-order valence-electron chi connectivity index (χ1n) is 2.94. The molecule has 1 unspecified atom stereocenters. The van der Waals surface area contributed by atoms with Crippen LogP contribution in [0.4, 0.5) is 4.39 Å². The molecule has 0 radical (unpaired) electrons. The Morgan fingerprint density at radius 1 is 1.64 bits per heavy atom. The summed E-state index contributed by atoms with van der Waals surface area (Å²) in [6.07, 6.45) is 1.56. The van der Waals surface area contributed by atoms with E-state index in [1.165, 1.54) is 6.07 Å². The molecular formula is C7H5FN2S. The second-order valence-corrected chi connectivity index (χ2v) is 2.80. The first-order valence-corrected chi connectivity index (χ1v) is 3.82. The highest BCUT2D eigenvalue weighted by Crippen LogP contribution is 2.20. The van der Waals surface area contributed by atoms with Gasteiger partial charge in [0, 0.05) is 6.20 Å². The summed E-state index contributed by atoms with van der Waals surface area (Å²) in [5.41, 5.74) is -1.52. The maximum atomic E-state index is 12.4. The minimum atomic E-state index is -1.52. The quantitative estimate of drug-likeness (QED) is 0.633. The molecule has 0 fully saturated rings.